The number of halogens is 1. The van der Waals surface area contributed by atoms with E-state index in [4.69, 9.17) is 14.5 Å². The standard InChI is InChI=1S/C21H21FN2O2/c22-18-8-5-4-6-15(18)20-16-7-2-1-3-9-19(16)24-21(17(20)12-23)26-14-10-11-25-13-14/h4-6,8,14H,1-3,7,9-11,13H2/t14-/m0/s1. The predicted octanol–water partition coefficient (Wildman–Crippen LogP) is 4.20. The number of rotatable bonds is 3. The largest absolute Gasteiger partial charge is 0.471 e. The number of benzene rings is 1. The summed E-state index contributed by atoms with van der Waals surface area (Å²) in [5, 5.41) is 9.87. The molecule has 2 heterocycles. The second-order valence-corrected chi connectivity index (χ2v) is 6.85. The second-order valence-electron chi connectivity index (χ2n) is 6.85. The Labute approximate surface area is 152 Å². The molecule has 2 aliphatic rings. The molecule has 1 aromatic heterocycles. The van der Waals surface area contributed by atoms with Gasteiger partial charge >= 0.3 is 0 Å². The molecule has 26 heavy (non-hydrogen) atoms. The summed E-state index contributed by atoms with van der Waals surface area (Å²) in [5.74, 6) is -0.00120. The molecule has 0 N–H and O–H groups in total. The first-order valence-corrected chi connectivity index (χ1v) is 9.23. The molecule has 0 amide bonds. The maximum absolute atomic E-state index is 14.6. The molecular weight excluding hydrogens is 331 g/mol. The topological polar surface area (TPSA) is 55.1 Å². The molecule has 4 nitrogen and oxygen atoms in total. The van der Waals surface area contributed by atoms with Crippen LogP contribution >= 0.6 is 0 Å². The van der Waals surface area contributed by atoms with Gasteiger partial charge in [0.25, 0.3) is 0 Å². The number of hydrogen-bond donors (Lipinski definition) is 0. The third kappa shape index (κ3) is 3.17. The van der Waals surface area contributed by atoms with E-state index in [0.717, 1.165) is 49.8 Å². The van der Waals surface area contributed by atoms with Crippen LogP contribution in [-0.2, 0) is 17.6 Å². The molecule has 5 heteroatoms. The quantitative estimate of drug-likeness (QED) is 0.777. The maximum atomic E-state index is 14.6. The van der Waals surface area contributed by atoms with Crippen LogP contribution in [0.2, 0.25) is 0 Å². The fourth-order valence-corrected chi connectivity index (χ4v) is 3.81. The highest BCUT2D eigenvalue weighted by Crippen LogP contribution is 2.38. The van der Waals surface area contributed by atoms with Gasteiger partial charge in [-0.1, -0.05) is 24.6 Å². The van der Waals surface area contributed by atoms with Crippen molar-refractivity contribution in [1.82, 2.24) is 4.98 Å². The summed E-state index contributed by atoms with van der Waals surface area (Å²) in [7, 11) is 0. The van der Waals surface area contributed by atoms with Gasteiger partial charge < -0.3 is 9.47 Å². The molecule has 1 aromatic carbocycles. The van der Waals surface area contributed by atoms with Gasteiger partial charge in [-0.2, -0.15) is 5.26 Å². The van der Waals surface area contributed by atoms with E-state index in [1.165, 1.54) is 6.07 Å². The van der Waals surface area contributed by atoms with Gasteiger partial charge in [0.1, 0.15) is 23.6 Å². The first kappa shape index (κ1) is 17.0. The van der Waals surface area contributed by atoms with Crippen LogP contribution in [0, 0.1) is 17.1 Å². The van der Waals surface area contributed by atoms with Crippen LogP contribution in [0.25, 0.3) is 11.1 Å². The molecule has 4 rings (SSSR count). The van der Waals surface area contributed by atoms with Crippen LogP contribution in [0.3, 0.4) is 0 Å². The lowest BCUT2D eigenvalue weighted by atomic mass is 9.91. The van der Waals surface area contributed by atoms with E-state index in [1.54, 1.807) is 18.2 Å². The van der Waals surface area contributed by atoms with E-state index < -0.39 is 0 Å². The van der Waals surface area contributed by atoms with Crippen molar-refractivity contribution in [1.29, 1.82) is 5.26 Å². The average molecular weight is 352 g/mol. The van der Waals surface area contributed by atoms with E-state index in [2.05, 4.69) is 6.07 Å². The molecule has 1 atom stereocenters. The summed E-state index contributed by atoms with van der Waals surface area (Å²) in [6.07, 6.45) is 5.51. The third-order valence-corrected chi connectivity index (χ3v) is 5.11. The van der Waals surface area contributed by atoms with Crippen molar-refractivity contribution in [3.05, 3.63) is 46.9 Å². The number of aryl methyl sites for hydroxylation is 1. The van der Waals surface area contributed by atoms with E-state index in [1.807, 2.05) is 0 Å². The van der Waals surface area contributed by atoms with E-state index in [-0.39, 0.29) is 11.9 Å². The van der Waals surface area contributed by atoms with Gasteiger partial charge in [-0.05, 0) is 37.3 Å². The molecular formula is C21H21FN2O2. The Morgan fingerprint density at radius 1 is 1.19 bits per heavy atom. The Balaban J connectivity index is 1.91. The van der Waals surface area contributed by atoms with Crippen LogP contribution < -0.4 is 4.74 Å². The number of ether oxygens (including phenoxy) is 2. The number of fused-ring (bicyclic) bond motifs is 1. The average Bonchev–Trinajstić information content (AvgIpc) is 3.05. The van der Waals surface area contributed by atoms with Crippen LogP contribution in [0.1, 0.15) is 42.5 Å². The molecule has 1 fully saturated rings. The van der Waals surface area contributed by atoms with Crippen molar-refractivity contribution in [2.24, 2.45) is 0 Å². The van der Waals surface area contributed by atoms with Gasteiger partial charge in [0, 0.05) is 23.2 Å². The number of nitriles is 1. The SMILES string of the molecule is N#Cc1c(O[C@H]2CCOC2)nc2c(c1-c1ccccc1F)CCCCC2. The van der Waals surface area contributed by atoms with Crippen molar-refractivity contribution in [3.8, 4) is 23.1 Å². The summed E-state index contributed by atoms with van der Waals surface area (Å²) >= 11 is 0. The minimum Gasteiger partial charge on any atom is -0.471 e. The van der Waals surface area contributed by atoms with Gasteiger partial charge in [-0.15, -0.1) is 0 Å². The zero-order valence-electron chi connectivity index (χ0n) is 14.6. The summed E-state index contributed by atoms with van der Waals surface area (Å²) < 4.78 is 26.0. The Kier molecular flexibility index (Phi) is 4.85. The Morgan fingerprint density at radius 2 is 2.04 bits per heavy atom. The summed E-state index contributed by atoms with van der Waals surface area (Å²) in [5.41, 5.74) is 3.39. The fourth-order valence-electron chi connectivity index (χ4n) is 3.81. The van der Waals surface area contributed by atoms with Crippen LogP contribution in [-0.4, -0.2) is 24.3 Å². The molecule has 0 radical (unpaired) electrons. The van der Waals surface area contributed by atoms with Gasteiger partial charge in [0.15, 0.2) is 0 Å². The number of pyridine rings is 1. The predicted molar refractivity (Wildman–Crippen MR) is 95.5 cm³/mol. The fraction of sp³-hybridized carbons (Fsp3) is 0.429. The van der Waals surface area contributed by atoms with E-state index >= 15 is 0 Å². The molecule has 0 unspecified atom stereocenters. The zero-order chi connectivity index (χ0) is 17.9. The number of hydrogen-bond acceptors (Lipinski definition) is 4. The van der Waals surface area contributed by atoms with Crippen molar-refractivity contribution in [3.63, 3.8) is 0 Å². The molecule has 1 saturated heterocycles. The van der Waals surface area contributed by atoms with Crippen molar-refractivity contribution in [2.45, 2.75) is 44.6 Å². The lowest BCUT2D eigenvalue weighted by Gasteiger charge is -2.19. The molecule has 0 bridgehead atoms. The van der Waals surface area contributed by atoms with Crippen LogP contribution in [0.5, 0.6) is 5.88 Å². The summed E-state index contributed by atoms with van der Waals surface area (Å²) in [4.78, 5) is 4.70. The van der Waals surface area contributed by atoms with Gasteiger partial charge in [-0.3, -0.25) is 0 Å². The first-order valence-electron chi connectivity index (χ1n) is 9.23. The normalized spacial score (nSPS) is 19.5. The van der Waals surface area contributed by atoms with Crippen molar-refractivity contribution >= 4 is 0 Å². The molecule has 1 aliphatic carbocycles. The lowest BCUT2D eigenvalue weighted by molar-refractivity contribution is 0.137. The highest BCUT2D eigenvalue weighted by atomic mass is 19.1. The smallest absolute Gasteiger partial charge is 0.232 e. The Morgan fingerprint density at radius 3 is 2.81 bits per heavy atom. The lowest BCUT2D eigenvalue weighted by Crippen LogP contribution is -2.18. The number of aromatic nitrogens is 1. The molecule has 0 spiro atoms. The molecule has 1 aliphatic heterocycles. The molecule has 0 saturated carbocycles. The maximum Gasteiger partial charge on any atom is 0.232 e. The van der Waals surface area contributed by atoms with E-state index in [9.17, 15) is 9.65 Å². The second kappa shape index (κ2) is 7.43. The summed E-state index contributed by atoms with van der Waals surface area (Å²) in [6.45, 7) is 1.15. The van der Waals surface area contributed by atoms with E-state index in [0.29, 0.717) is 35.8 Å². The first-order chi connectivity index (χ1) is 12.8. The Hall–Kier alpha value is -2.45. The monoisotopic (exact) mass is 352 g/mol. The zero-order valence-corrected chi connectivity index (χ0v) is 14.6. The Bertz CT molecular complexity index is 854. The van der Waals surface area contributed by atoms with Crippen molar-refractivity contribution in [2.75, 3.05) is 13.2 Å². The molecule has 2 aromatic rings. The van der Waals surface area contributed by atoms with Gasteiger partial charge in [0.2, 0.25) is 5.88 Å². The minimum absolute atomic E-state index is 0.105. The minimum atomic E-state index is -0.322. The van der Waals surface area contributed by atoms with Crippen LogP contribution in [0.15, 0.2) is 24.3 Å². The van der Waals surface area contributed by atoms with Crippen molar-refractivity contribution < 1.29 is 13.9 Å². The number of nitrogens with zero attached hydrogens (tertiary/aromatic N) is 2. The molecule has 134 valence electrons. The third-order valence-electron chi connectivity index (χ3n) is 5.11. The highest BCUT2D eigenvalue weighted by molar-refractivity contribution is 5.77. The highest BCUT2D eigenvalue weighted by Gasteiger charge is 2.27. The van der Waals surface area contributed by atoms with Gasteiger partial charge in [0.05, 0.1) is 13.2 Å². The summed E-state index contributed by atoms with van der Waals surface area (Å²) in [6, 6.07) is 8.88. The van der Waals surface area contributed by atoms with Gasteiger partial charge in [-0.25, -0.2) is 9.37 Å². The van der Waals surface area contributed by atoms with Crippen LogP contribution in [0.4, 0.5) is 4.39 Å².